The molecule has 1 aliphatic heterocycles. The van der Waals surface area contributed by atoms with E-state index in [0.29, 0.717) is 19.0 Å². The molecule has 2 rings (SSSR count). The summed E-state index contributed by atoms with van der Waals surface area (Å²) in [4.78, 5) is 13.6. The summed E-state index contributed by atoms with van der Waals surface area (Å²) in [6.45, 7) is 0.328. The molecule has 1 saturated carbocycles. The Bertz CT molecular complexity index is 226. The maximum atomic E-state index is 12.9. The smallest absolute Gasteiger partial charge is 0.239 e. The highest BCUT2D eigenvalue weighted by Gasteiger charge is 2.34. The van der Waals surface area contributed by atoms with E-state index in [1.165, 1.54) is 6.42 Å². The lowest BCUT2D eigenvalue weighted by Gasteiger charge is -2.36. The zero-order valence-corrected chi connectivity index (χ0v) is 8.50. The summed E-state index contributed by atoms with van der Waals surface area (Å²) in [5.74, 6) is 0.0647. The maximum absolute atomic E-state index is 12.9. The quantitative estimate of drug-likeness (QED) is 0.711. The number of nitrogens with zero attached hydrogens (tertiary/aromatic N) is 1. The Balaban J connectivity index is 1.87. The van der Waals surface area contributed by atoms with Gasteiger partial charge in [0.05, 0.1) is 6.04 Å². The molecular formula is C10H17FN2O. The minimum absolute atomic E-state index is 0.0647. The van der Waals surface area contributed by atoms with E-state index in [1.807, 2.05) is 7.05 Å². The molecule has 0 spiro atoms. The number of carbonyl (C=O) groups excluding carboxylic acids is 1. The molecule has 3 nitrogen and oxygen atoms in total. The number of carbonyl (C=O) groups is 1. The molecule has 1 amide bonds. The SMILES string of the molecule is CN(C(=O)[C@H]1C[C@H](F)CN1)C1CCC1. The number of rotatable bonds is 2. The highest BCUT2D eigenvalue weighted by Crippen LogP contribution is 2.25. The van der Waals surface area contributed by atoms with Crippen LogP contribution in [0.25, 0.3) is 0 Å². The fourth-order valence-electron chi connectivity index (χ4n) is 2.08. The van der Waals surface area contributed by atoms with Gasteiger partial charge in [-0.15, -0.1) is 0 Å². The summed E-state index contributed by atoms with van der Waals surface area (Å²) >= 11 is 0. The third-order valence-corrected chi connectivity index (χ3v) is 3.35. The summed E-state index contributed by atoms with van der Waals surface area (Å²) in [5.41, 5.74) is 0. The van der Waals surface area contributed by atoms with E-state index in [-0.39, 0.29) is 11.9 Å². The van der Waals surface area contributed by atoms with Gasteiger partial charge in [0.1, 0.15) is 6.17 Å². The van der Waals surface area contributed by atoms with Gasteiger partial charge in [-0.3, -0.25) is 4.79 Å². The minimum atomic E-state index is -0.848. The Morgan fingerprint density at radius 2 is 2.21 bits per heavy atom. The first-order chi connectivity index (χ1) is 6.68. The number of hydrogen-bond acceptors (Lipinski definition) is 2. The molecule has 0 aromatic rings. The lowest BCUT2D eigenvalue weighted by Crippen LogP contribution is -2.48. The molecule has 2 aliphatic rings. The number of likely N-dealkylation sites (N-methyl/N-ethyl adjacent to an activating group) is 1. The van der Waals surface area contributed by atoms with Crippen LogP contribution in [0, 0.1) is 0 Å². The van der Waals surface area contributed by atoms with Gasteiger partial charge < -0.3 is 10.2 Å². The fraction of sp³-hybridized carbons (Fsp3) is 0.900. The molecule has 2 fully saturated rings. The summed E-state index contributed by atoms with van der Waals surface area (Å²) in [6.07, 6.45) is 2.92. The van der Waals surface area contributed by atoms with Crippen LogP contribution in [0.3, 0.4) is 0 Å². The van der Waals surface area contributed by atoms with Gasteiger partial charge in [-0.25, -0.2) is 4.39 Å². The summed E-state index contributed by atoms with van der Waals surface area (Å²) < 4.78 is 12.9. The van der Waals surface area contributed by atoms with Crippen molar-refractivity contribution in [2.45, 2.75) is 43.9 Å². The molecule has 0 bridgehead atoms. The Labute approximate surface area is 83.6 Å². The van der Waals surface area contributed by atoms with Crippen molar-refractivity contribution >= 4 is 5.91 Å². The van der Waals surface area contributed by atoms with Gasteiger partial charge in [-0.1, -0.05) is 0 Å². The Morgan fingerprint density at radius 3 is 2.64 bits per heavy atom. The van der Waals surface area contributed by atoms with Crippen molar-refractivity contribution in [2.75, 3.05) is 13.6 Å². The first-order valence-electron chi connectivity index (χ1n) is 5.32. The zero-order valence-electron chi connectivity index (χ0n) is 8.50. The number of amides is 1. The van der Waals surface area contributed by atoms with Crippen molar-refractivity contribution in [2.24, 2.45) is 0 Å². The van der Waals surface area contributed by atoms with Crippen LogP contribution in [0.5, 0.6) is 0 Å². The molecule has 4 heteroatoms. The molecule has 14 heavy (non-hydrogen) atoms. The second-order valence-corrected chi connectivity index (χ2v) is 4.33. The number of nitrogens with one attached hydrogen (secondary N) is 1. The molecule has 1 N–H and O–H groups in total. The van der Waals surface area contributed by atoms with E-state index in [4.69, 9.17) is 0 Å². The lowest BCUT2D eigenvalue weighted by atomic mass is 9.91. The van der Waals surface area contributed by atoms with Crippen molar-refractivity contribution < 1.29 is 9.18 Å². The zero-order chi connectivity index (χ0) is 10.1. The first kappa shape index (κ1) is 9.90. The Morgan fingerprint density at radius 1 is 1.50 bits per heavy atom. The highest BCUT2D eigenvalue weighted by molar-refractivity contribution is 5.82. The van der Waals surface area contributed by atoms with Gasteiger partial charge in [-0.05, 0) is 19.3 Å². The number of hydrogen-bond donors (Lipinski definition) is 1. The maximum Gasteiger partial charge on any atom is 0.239 e. The van der Waals surface area contributed by atoms with Gasteiger partial charge in [0, 0.05) is 26.1 Å². The molecule has 1 aliphatic carbocycles. The molecule has 1 heterocycles. The van der Waals surface area contributed by atoms with Crippen LogP contribution in [0.4, 0.5) is 4.39 Å². The topological polar surface area (TPSA) is 32.3 Å². The predicted molar refractivity (Wildman–Crippen MR) is 51.7 cm³/mol. The van der Waals surface area contributed by atoms with Crippen molar-refractivity contribution in [3.8, 4) is 0 Å². The largest absolute Gasteiger partial charge is 0.341 e. The van der Waals surface area contributed by atoms with E-state index >= 15 is 0 Å². The number of halogens is 1. The van der Waals surface area contributed by atoms with E-state index in [9.17, 15) is 9.18 Å². The molecule has 1 saturated heterocycles. The van der Waals surface area contributed by atoms with Gasteiger partial charge in [0.2, 0.25) is 5.91 Å². The van der Waals surface area contributed by atoms with Crippen molar-refractivity contribution in [1.29, 1.82) is 0 Å². The van der Waals surface area contributed by atoms with Crippen LogP contribution < -0.4 is 5.32 Å². The molecule has 0 radical (unpaired) electrons. The molecular weight excluding hydrogens is 183 g/mol. The highest BCUT2D eigenvalue weighted by atomic mass is 19.1. The molecule has 80 valence electrons. The summed E-state index contributed by atoms with van der Waals surface area (Å²) in [5, 5.41) is 2.92. The molecule has 0 aromatic heterocycles. The molecule has 0 aromatic carbocycles. The van der Waals surface area contributed by atoms with Crippen LogP contribution in [0.1, 0.15) is 25.7 Å². The predicted octanol–water partition coefficient (Wildman–Crippen LogP) is 0.697. The average molecular weight is 200 g/mol. The van der Waals surface area contributed by atoms with Crippen molar-refractivity contribution in [3.63, 3.8) is 0 Å². The molecule has 2 atom stereocenters. The second-order valence-electron chi connectivity index (χ2n) is 4.33. The van der Waals surface area contributed by atoms with E-state index in [0.717, 1.165) is 12.8 Å². The van der Waals surface area contributed by atoms with Crippen LogP contribution in [-0.4, -0.2) is 42.7 Å². The van der Waals surface area contributed by atoms with Gasteiger partial charge >= 0.3 is 0 Å². The van der Waals surface area contributed by atoms with E-state index < -0.39 is 6.17 Å². The van der Waals surface area contributed by atoms with E-state index in [1.54, 1.807) is 4.90 Å². The standard InChI is InChI=1S/C10H17FN2O/c1-13(8-3-2-4-8)10(14)9-5-7(11)6-12-9/h7-9,12H,2-6H2,1H3/t7-,9+/m0/s1. The first-order valence-corrected chi connectivity index (χ1v) is 5.32. The third kappa shape index (κ3) is 1.75. The van der Waals surface area contributed by atoms with Crippen LogP contribution in [0.15, 0.2) is 0 Å². The third-order valence-electron chi connectivity index (χ3n) is 3.35. The normalized spacial score (nSPS) is 32.7. The van der Waals surface area contributed by atoms with Gasteiger partial charge in [-0.2, -0.15) is 0 Å². The fourth-order valence-corrected chi connectivity index (χ4v) is 2.08. The van der Waals surface area contributed by atoms with E-state index in [2.05, 4.69) is 5.32 Å². The Hall–Kier alpha value is -0.640. The minimum Gasteiger partial charge on any atom is -0.341 e. The summed E-state index contributed by atoms with van der Waals surface area (Å²) in [6, 6.07) is 0.124. The average Bonchev–Trinajstić information content (AvgIpc) is 2.47. The van der Waals surface area contributed by atoms with Crippen LogP contribution >= 0.6 is 0 Å². The van der Waals surface area contributed by atoms with Crippen LogP contribution in [0.2, 0.25) is 0 Å². The number of alkyl halides is 1. The van der Waals surface area contributed by atoms with Crippen molar-refractivity contribution in [3.05, 3.63) is 0 Å². The Kier molecular flexibility index (Phi) is 2.72. The monoisotopic (exact) mass is 200 g/mol. The summed E-state index contributed by atoms with van der Waals surface area (Å²) in [7, 11) is 1.83. The molecule has 0 unspecified atom stereocenters. The second kappa shape index (κ2) is 3.85. The van der Waals surface area contributed by atoms with Gasteiger partial charge in [0.15, 0.2) is 0 Å². The van der Waals surface area contributed by atoms with Crippen LogP contribution in [-0.2, 0) is 4.79 Å². The lowest BCUT2D eigenvalue weighted by molar-refractivity contribution is -0.135. The van der Waals surface area contributed by atoms with Crippen molar-refractivity contribution in [1.82, 2.24) is 10.2 Å². The van der Waals surface area contributed by atoms with Gasteiger partial charge in [0.25, 0.3) is 0 Å².